The Kier molecular flexibility index (Phi) is 5.55. The van der Waals surface area contributed by atoms with Gasteiger partial charge in [0.05, 0.1) is 11.4 Å². The minimum Gasteiger partial charge on any atom is -0.489 e. The summed E-state index contributed by atoms with van der Waals surface area (Å²) in [6.45, 7) is 0.570. The topological polar surface area (TPSA) is 88.1 Å². The van der Waals surface area contributed by atoms with Crippen LogP contribution in [0.1, 0.15) is 15.9 Å². The number of halogens is 1. The quantitative estimate of drug-likeness (QED) is 0.583. The molecule has 3 aromatic rings. The Labute approximate surface area is 194 Å². The fourth-order valence-corrected chi connectivity index (χ4v) is 5.83. The summed E-state index contributed by atoms with van der Waals surface area (Å²) in [7, 11) is -3.43. The van der Waals surface area contributed by atoms with Crippen molar-refractivity contribution in [1.29, 1.82) is 0 Å². The molecule has 0 spiro atoms. The Morgan fingerprint density at radius 1 is 1.12 bits per heavy atom. The molecule has 168 valence electrons. The summed E-state index contributed by atoms with van der Waals surface area (Å²) < 4.78 is 46.3. The van der Waals surface area contributed by atoms with Gasteiger partial charge in [-0.05, 0) is 59.8 Å². The van der Waals surface area contributed by atoms with Crippen LogP contribution in [0.2, 0.25) is 0 Å². The van der Waals surface area contributed by atoms with E-state index in [0.717, 1.165) is 16.1 Å². The molecule has 10 heteroatoms. The fourth-order valence-electron chi connectivity index (χ4n) is 3.54. The standard InChI is InChI=1S/C23H18FN3O4S2/c24-17-4-2-6-19(13-17)31-14-15-3-1-5-18(11-15)25-22(28)16-7-8-20-21(12-16)32-23-26-33(29,30)10-9-27(20)23/h1-8,11-13H,9-10,14H2,(H,25,28). The van der Waals surface area contributed by atoms with E-state index >= 15 is 0 Å². The van der Waals surface area contributed by atoms with E-state index in [0.29, 0.717) is 28.7 Å². The second kappa shape index (κ2) is 8.53. The van der Waals surface area contributed by atoms with Crippen molar-refractivity contribution in [2.24, 2.45) is 4.40 Å². The first-order chi connectivity index (χ1) is 15.9. The summed E-state index contributed by atoms with van der Waals surface area (Å²) in [5.74, 6) is -0.265. The number of carbonyl (C=O) groups excluding carboxylic acids is 1. The van der Waals surface area contributed by atoms with Crippen LogP contribution in [0.4, 0.5) is 15.8 Å². The van der Waals surface area contributed by atoms with E-state index < -0.39 is 10.0 Å². The zero-order chi connectivity index (χ0) is 23.0. The maximum Gasteiger partial charge on any atom is 0.257 e. The Balaban J connectivity index is 1.28. The summed E-state index contributed by atoms with van der Waals surface area (Å²) in [5, 5.41) is 3.29. The van der Waals surface area contributed by atoms with Crippen LogP contribution in [0, 0.1) is 5.82 Å². The first-order valence-corrected chi connectivity index (χ1v) is 12.5. The number of hydrogen-bond donors (Lipinski definition) is 1. The molecular weight excluding hydrogens is 465 g/mol. The molecule has 33 heavy (non-hydrogen) atoms. The number of rotatable bonds is 5. The first kappa shape index (κ1) is 21.5. The lowest BCUT2D eigenvalue weighted by atomic mass is 10.1. The van der Waals surface area contributed by atoms with E-state index in [1.807, 2.05) is 11.0 Å². The lowest BCUT2D eigenvalue weighted by molar-refractivity contribution is 0.102. The van der Waals surface area contributed by atoms with Crippen molar-refractivity contribution in [2.75, 3.05) is 22.5 Å². The van der Waals surface area contributed by atoms with Gasteiger partial charge in [-0.1, -0.05) is 18.2 Å². The number of sulfonamides is 1. The fraction of sp³-hybridized carbons (Fsp3) is 0.130. The molecule has 0 saturated heterocycles. The smallest absolute Gasteiger partial charge is 0.257 e. The van der Waals surface area contributed by atoms with Crippen molar-refractivity contribution in [3.8, 4) is 5.75 Å². The zero-order valence-corrected chi connectivity index (χ0v) is 18.8. The summed E-state index contributed by atoms with van der Waals surface area (Å²) in [6, 6.07) is 18.4. The van der Waals surface area contributed by atoms with Gasteiger partial charge in [-0.25, -0.2) is 12.8 Å². The van der Waals surface area contributed by atoms with Crippen LogP contribution >= 0.6 is 11.8 Å². The number of hydrogen-bond acceptors (Lipinski definition) is 6. The van der Waals surface area contributed by atoms with Crippen molar-refractivity contribution in [3.63, 3.8) is 0 Å². The van der Waals surface area contributed by atoms with E-state index in [-0.39, 0.29) is 24.1 Å². The van der Waals surface area contributed by atoms with Gasteiger partial charge in [-0.15, -0.1) is 4.40 Å². The van der Waals surface area contributed by atoms with Gasteiger partial charge >= 0.3 is 0 Å². The number of benzene rings is 3. The molecule has 2 aliphatic heterocycles. The average Bonchev–Trinajstić information content (AvgIpc) is 3.13. The van der Waals surface area contributed by atoms with Gasteiger partial charge in [0.15, 0.2) is 5.17 Å². The molecule has 3 aromatic carbocycles. The van der Waals surface area contributed by atoms with E-state index in [1.54, 1.807) is 48.5 Å². The third-order valence-corrected chi connectivity index (χ3v) is 7.43. The minimum absolute atomic E-state index is 0.0298. The number of fused-ring (bicyclic) bond motifs is 3. The van der Waals surface area contributed by atoms with Gasteiger partial charge in [0.1, 0.15) is 18.2 Å². The minimum atomic E-state index is -3.43. The second-order valence-corrected chi connectivity index (χ2v) is 10.3. The van der Waals surface area contributed by atoms with E-state index in [4.69, 9.17) is 4.74 Å². The van der Waals surface area contributed by atoms with E-state index in [2.05, 4.69) is 9.71 Å². The SMILES string of the molecule is O=C(Nc1cccc(COc2cccc(F)c2)c1)c1ccc2c(c1)SC1=NS(=O)(=O)CCN12. The summed E-state index contributed by atoms with van der Waals surface area (Å²) >= 11 is 1.24. The van der Waals surface area contributed by atoms with E-state index in [9.17, 15) is 17.6 Å². The Morgan fingerprint density at radius 2 is 1.97 bits per heavy atom. The molecule has 0 saturated carbocycles. The Morgan fingerprint density at radius 3 is 2.82 bits per heavy atom. The van der Waals surface area contributed by atoms with Crippen molar-refractivity contribution in [1.82, 2.24) is 0 Å². The monoisotopic (exact) mass is 483 g/mol. The predicted molar refractivity (Wildman–Crippen MR) is 126 cm³/mol. The average molecular weight is 484 g/mol. The summed E-state index contributed by atoms with van der Waals surface area (Å²) in [6.07, 6.45) is 0. The third-order valence-electron chi connectivity index (χ3n) is 5.12. The molecule has 0 fully saturated rings. The van der Waals surface area contributed by atoms with Crippen LogP contribution in [0.5, 0.6) is 5.75 Å². The number of amides is 1. The highest BCUT2D eigenvalue weighted by Gasteiger charge is 2.33. The Bertz CT molecular complexity index is 1390. The van der Waals surface area contributed by atoms with Crippen LogP contribution in [-0.2, 0) is 16.6 Å². The highest BCUT2D eigenvalue weighted by molar-refractivity contribution is 8.15. The maximum atomic E-state index is 13.3. The van der Waals surface area contributed by atoms with Gasteiger partial charge in [0, 0.05) is 28.8 Å². The number of carbonyl (C=O) groups is 1. The van der Waals surface area contributed by atoms with Crippen molar-refractivity contribution in [2.45, 2.75) is 11.5 Å². The lowest BCUT2D eigenvalue weighted by Crippen LogP contribution is -2.35. The molecule has 0 atom stereocenters. The first-order valence-electron chi connectivity index (χ1n) is 10.1. The van der Waals surface area contributed by atoms with Gasteiger partial charge in [0.25, 0.3) is 15.9 Å². The number of ether oxygens (including phenoxy) is 1. The van der Waals surface area contributed by atoms with Crippen molar-refractivity contribution in [3.05, 3.63) is 83.7 Å². The number of nitrogens with one attached hydrogen (secondary N) is 1. The highest BCUT2D eigenvalue weighted by Crippen LogP contribution is 2.42. The molecule has 1 amide bonds. The molecule has 0 bridgehead atoms. The van der Waals surface area contributed by atoms with Gasteiger partial charge in [0.2, 0.25) is 0 Å². The maximum absolute atomic E-state index is 13.3. The van der Waals surface area contributed by atoms with Crippen LogP contribution in [-0.4, -0.2) is 31.8 Å². The molecule has 2 aliphatic rings. The van der Waals surface area contributed by atoms with Crippen LogP contribution in [0.15, 0.2) is 76.0 Å². The zero-order valence-electron chi connectivity index (χ0n) is 17.2. The number of anilines is 2. The number of thioether (sulfide) groups is 1. The normalized spacial score (nSPS) is 15.9. The van der Waals surface area contributed by atoms with Gasteiger partial charge < -0.3 is 15.0 Å². The third kappa shape index (κ3) is 4.71. The summed E-state index contributed by atoms with van der Waals surface area (Å²) in [5.41, 5.74) is 2.71. The number of amidine groups is 1. The lowest BCUT2D eigenvalue weighted by Gasteiger charge is -2.22. The molecule has 7 nitrogen and oxygen atoms in total. The van der Waals surface area contributed by atoms with Gasteiger partial charge in [-0.2, -0.15) is 0 Å². The molecule has 0 radical (unpaired) electrons. The van der Waals surface area contributed by atoms with E-state index in [1.165, 1.54) is 23.9 Å². The van der Waals surface area contributed by atoms with Crippen LogP contribution in [0.3, 0.4) is 0 Å². The number of nitrogens with zero attached hydrogens (tertiary/aromatic N) is 2. The Hall–Kier alpha value is -3.37. The van der Waals surface area contributed by atoms with Gasteiger partial charge in [-0.3, -0.25) is 4.79 Å². The molecule has 1 N–H and O–H groups in total. The predicted octanol–water partition coefficient (Wildman–Crippen LogP) is 4.27. The van der Waals surface area contributed by atoms with Crippen LogP contribution in [0.25, 0.3) is 0 Å². The molecular formula is C23H18FN3O4S2. The molecule has 0 aliphatic carbocycles. The summed E-state index contributed by atoms with van der Waals surface area (Å²) in [4.78, 5) is 15.5. The van der Waals surface area contributed by atoms with Crippen molar-refractivity contribution < 1.29 is 22.3 Å². The molecule has 2 heterocycles. The largest absolute Gasteiger partial charge is 0.489 e. The molecule has 0 unspecified atom stereocenters. The van der Waals surface area contributed by atoms with Crippen molar-refractivity contribution >= 4 is 44.2 Å². The highest BCUT2D eigenvalue weighted by atomic mass is 32.2. The van der Waals surface area contributed by atoms with Crippen LogP contribution < -0.4 is 15.0 Å². The molecule has 0 aromatic heterocycles. The second-order valence-electron chi connectivity index (χ2n) is 7.50. The molecule has 5 rings (SSSR count).